The van der Waals surface area contributed by atoms with Gasteiger partial charge >= 0.3 is 5.97 Å². The summed E-state index contributed by atoms with van der Waals surface area (Å²) >= 11 is 0. The Kier molecular flexibility index (Phi) is 5.66. The maximum atomic E-state index is 12.8. The lowest BCUT2D eigenvalue weighted by Gasteiger charge is -2.23. The number of methoxy groups -OCH3 is 2. The standard InChI is InChI=1S/C25H26N2O6/c1-24(2,13-26)33-23(29)25(10-11-25)14-32-20-16(8-9-19(30-3)21(20)31-4)15-6-5-7-17-18(15)12-27-22(17)28/h5-9H,10-12,14H2,1-4H3,(H,27,28). The second-order valence-corrected chi connectivity index (χ2v) is 8.77. The maximum absolute atomic E-state index is 12.8. The predicted molar refractivity (Wildman–Crippen MR) is 119 cm³/mol. The van der Waals surface area contributed by atoms with Crippen molar-refractivity contribution in [1.82, 2.24) is 5.32 Å². The Labute approximate surface area is 192 Å². The van der Waals surface area contributed by atoms with Gasteiger partial charge in [0.05, 0.1) is 14.2 Å². The molecule has 0 saturated heterocycles. The summed E-state index contributed by atoms with van der Waals surface area (Å²) in [5.74, 6) is 0.730. The minimum Gasteiger partial charge on any atom is -0.493 e. The van der Waals surface area contributed by atoms with Crippen molar-refractivity contribution in [3.05, 3.63) is 41.5 Å². The monoisotopic (exact) mass is 450 g/mol. The Bertz CT molecular complexity index is 1160. The van der Waals surface area contributed by atoms with Gasteiger partial charge in [-0.15, -0.1) is 0 Å². The number of hydrogen-bond acceptors (Lipinski definition) is 7. The maximum Gasteiger partial charge on any atom is 0.317 e. The van der Waals surface area contributed by atoms with Crippen LogP contribution >= 0.6 is 0 Å². The largest absolute Gasteiger partial charge is 0.493 e. The van der Waals surface area contributed by atoms with Gasteiger partial charge in [0.1, 0.15) is 18.1 Å². The van der Waals surface area contributed by atoms with E-state index in [0.717, 1.165) is 16.7 Å². The number of rotatable bonds is 8. The fourth-order valence-corrected chi connectivity index (χ4v) is 3.89. The molecule has 1 amide bonds. The number of carbonyl (C=O) groups excluding carboxylic acids is 2. The fraction of sp³-hybridized carbons (Fsp3) is 0.400. The molecule has 2 aromatic carbocycles. The molecule has 1 fully saturated rings. The molecule has 1 saturated carbocycles. The summed E-state index contributed by atoms with van der Waals surface area (Å²) in [7, 11) is 3.05. The zero-order valence-electron chi connectivity index (χ0n) is 19.1. The van der Waals surface area contributed by atoms with Crippen LogP contribution in [0.4, 0.5) is 0 Å². The van der Waals surface area contributed by atoms with Crippen LogP contribution in [-0.2, 0) is 16.1 Å². The number of fused-ring (bicyclic) bond motifs is 1. The van der Waals surface area contributed by atoms with E-state index >= 15 is 0 Å². The van der Waals surface area contributed by atoms with E-state index in [0.29, 0.717) is 42.2 Å². The third kappa shape index (κ3) is 4.07. The lowest BCUT2D eigenvalue weighted by molar-refractivity contribution is -0.160. The van der Waals surface area contributed by atoms with E-state index in [2.05, 4.69) is 5.32 Å². The number of nitriles is 1. The normalized spacial score (nSPS) is 15.7. The van der Waals surface area contributed by atoms with Crippen LogP contribution in [0.2, 0.25) is 0 Å². The highest BCUT2D eigenvalue weighted by molar-refractivity contribution is 6.01. The number of carbonyl (C=O) groups is 2. The van der Waals surface area contributed by atoms with Gasteiger partial charge < -0.3 is 24.3 Å². The number of esters is 1. The average molecular weight is 450 g/mol. The van der Waals surface area contributed by atoms with Crippen molar-refractivity contribution >= 4 is 11.9 Å². The number of nitrogens with one attached hydrogen (secondary N) is 1. The van der Waals surface area contributed by atoms with Crippen molar-refractivity contribution in [3.8, 4) is 34.4 Å². The van der Waals surface area contributed by atoms with E-state index in [1.54, 1.807) is 26.0 Å². The lowest BCUT2D eigenvalue weighted by atomic mass is 9.95. The summed E-state index contributed by atoms with van der Waals surface area (Å²) in [4.78, 5) is 25.0. The molecule has 1 heterocycles. The third-order valence-corrected chi connectivity index (χ3v) is 6.03. The third-order valence-electron chi connectivity index (χ3n) is 6.03. The minimum absolute atomic E-state index is 0.0655. The highest BCUT2D eigenvalue weighted by atomic mass is 16.6. The minimum atomic E-state index is -1.21. The number of benzene rings is 2. The van der Waals surface area contributed by atoms with E-state index in [1.807, 2.05) is 24.3 Å². The van der Waals surface area contributed by atoms with Gasteiger partial charge in [-0.2, -0.15) is 5.26 Å². The smallest absolute Gasteiger partial charge is 0.317 e. The lowest BCUT2D eigenvalue weighted by Crippen LogP contribution is -2.34. The van der Waals surface area contributed by atoms with Crippen LogP contribution in [-0.4, -0.2) is 38.3 Å². The second kappa shape index (κ2) is 8.32. The van der Waals surface area contributed by atoms with Gasteiger partial charge in [-0.3, -0.25) is 9.59 Å². The highest BCUT2D eigenvalue weighted by Gasteiger charge is 2.54. The number of nitrogens with zero attached hydrogens (tertiary/aromatic N) is 1. The SMILES string of the molecule is COc1ccc(-c2cccc3c2CNC3=O)c(OCC2(C(=O)OC(C)(C)C#N)CC2)c1OC. The van der Waals surface area contributed by atoms with Crippen LogP contribution < -0.4 is 19.5 Å². The van der Waals surface area contributed by atoms with E-state index < -0.39 is 17.0 Å². The molecule has 4 rings (SSSR count). The van der Waals surface area contributed by atoms with E-state index in [-0.39, 0.29) is 12.5 Å². The molecule has 172 valence electrons. The molecule has 0 radical (unpaired) electrons. The molecule has 8 heteroatoms. The van der Waals surface area contributed by atoms with Crippen LogP contribution in [0.1, 0.15) is 42.6 Å². The molecule has 8 nitrogen and oxygen atoms in total. The Balaban J connectivity index is 1.71. The van der Waals surface area contributed by atoms with Crippen molar-refractivity contribution in [1.29, 1.82) is 5.26 Å². The molecule has 0 spiro atoms. The molecule has 2 aromatic rings. The Morgan fingerprint density at radius 2 is 1.82 bits per heavy atom. The number of hydrogen-bond donors (Lipinski definition) is 1. The van der Waals surface area contributed by atoms with Gasteiger partial charge in [-0.25, -0.2) is 0 Å². The van der Waals surface area contributed by atoms with Crippen LogP contribution in [0.5, 0.6) is 17.2 Å². The first-order chi connectivity index (χ1) is 15.7. The summed E-state index contributed by atoms with van der Waals surface area (Å²) in [5, 5.41) is 12.1. The quantitative estimate of drug-likeness (QED) is 0.612. The summed E-state index contributed by atoms with van der Waals surface area (Å²) in [6, 6.07) is 11.1. The van der Waals surface area contributed by atoms with Crippen molar-refractivity contribution < 1.29 is 28.5 Å². The molecule has 0 unspecified atom stereocenters. The van der Waals surface area contributed by atoms with E-state index in [9.17, 15) is 14.9 Å². The Morgan fingerprint density at radius 1 is 1.09 bits per heavy atom. The Morgan fingerprint density at radius 3 is 2.45 bits per heavy atom. The van der Waals surface area contributed by atoms with Crippen LogP contribution in [0.3, 0.4) is 0 Å². The van der Waals surface area contributed by atoms with E-state index in [4.69, 9.17) is 18.9 Å². The zero-order valence-corrected chi connectivity index (χ0v) is 19.1. The van der Waals surface area contributed by atoms with Gasteiger partial charge in [0.15, 0.2) is 17.1 Å². The summed E-state index contributed by atoms with van der Waals surface area (Å²) in [6.45, 7) is 3.58. The molecular formula is C25H26N2O6. The molecule has 0 atom stereocenters. The highest BCUT2D eigenvalue weighted by Crippen LogP contribution is 2.51. The molecule has 2 aliphatic rings. The first kappa shape index (κ1) is 22.5. The molecule has 1 N–H and O–H groups in total. The van der Waals surface area contributed by atoms with Crippen LogP contribution in [0.25, 0.3) is 11.1 Å². The molecular weight excluding hydrogens is 424 g/mol. The van der Waals surface area contributed by atoms with Crippen molar-refractivity contribution in [3.63, 3.8) is 0 Å². The molecule has 1 aliphatic heterocycles. The molecule has 33 heavy (non-hydrogen) atoms. The van der Waals surface area contributed by atoms with Crippen molar-refractivity contribution in [2.45, 2.75) is 38.8 Å². The summed E-state index contributed by atoms with van der Waals surface area (Å²) < 4.78 is 22.7. The Hall–Kier alpha value is -3.73. The van der Waals surface area contributed by atoms with Gasteiger partial charge in [0.2, 0.25) is 5.75 Å². The van der Waals surface area contributed by atoms with Crippen LogP contribution in [0.15, 0.2) is 30.3 Å². The van der Waals surface area contributed by atoms with Crippen molar-refractivity contribution in [2.75, 3.05) is 20.8 Å². The topological polar surface area (TPSA) is 107 Å². The summed E-state index contributed by atoms with van der Waals surface area (Å²) in [6.07, 6.45) is 1.21. The average Bonchev–Trinajstić information content (AvgIpc) is 3.52. The summed E-state index contributed by atoms with van der Waals surface area (Å²) in [5.41, 5.74) is 1.03. The zero-order chi connectivity index (χ0) is 23.8. The van der Waals surface area contributed by atoms with Gasteiger partial charge in [-0.1, -0.05) is 12.1 Å². The van der Waals surface area contributed by atoms with Gasteiger partial charge in [0, 0.05) is 17.7 Å². The first-order valence-corrected chi connectivity index (χ1v) is 10.7. The predicted octanol–water partition coefficient (Wildman–Crippen LogP) is 3.62. The molecule has 1 aliphatic carbocycles. The number of amides is 1. The number of ether oxygens (including phenoxy) is 4. The van der Waals surface area contributed by atoms with Crippen molar-refractivity contribution in [2.24, 2.45) is 5.41 Å². The van der Waals surface area contributed by atoms with Gasteiger partial charge in [-0.05, 0) is 56.0 Å². The molecule has 0 bridgehead atoms. The molecule has 0 aromatic heterocycles. The second-order valence-electron chi connectivity index (χ2n) is 8.77. The van der Waals surface area contributed by atoms with E-state index in [1.165, 1.54) is 14.2 Å². The fourth-order valence-electron chi connectivity index (χ4n) is 3.89. The van der Waals surface area contributed by atoms with Gasteiger partial charge in [0.25, 0.3) is 5.91 Å². The van der Waals surface area contributed by atoms with Crippen LogP contribution in [0, 0.1) is 16.7 Å². The first-order valence-electron chi connectivity index (χ1n) is 10.7.